The maximum absolute atomic E-state index is 12.3. The molecule has 0 saturated heterocycles. The number of benzene rings is 2. The monoisotopic (exact) mass is 347 g/mol. The van der Waals surface area contributed by atoms with Gasteiger partial charge in [-0.3, -0.25) is 4.79 Å². The number of hydrogen-bond donors (Lipinski definition) is 2. The van der Waals surface area contributed by atoms with Gasteiger partial charge in [0.1, 0.15) is 0 Å². The summed E-state index contributed by atoms with van der Waals surface area (Å²) in [7, 11) is 0.343. The van der Waals surface area contributed by atoms with Gasteiger partial charge in [0, 0.05) is 18.7 Å². The highest BCUT2D eigenvalue weighted by molar-refractivity contribution is 7.89. The van der Waals surface area contributed by atoms with E-state index in [0.29, 0.717) is 0 Å². The number of amides is 1. The summed E-state index contributed by atoms with van der Waals surface area (Å²) in [5.41, 5.74) is 7.44. The van der Waals surface area contributed by atoms with Crippen LogP contribution in [0.15, 0.2) is 53.4 Å². The Morgan fingerprint density at radius 2 is 1.54 bits per heavy atom. The Hall–Kier alpha value is -2.22. The van der Waals surface area contributed by atoms with E-state index in [2.05, 4.69) is 9.62 Å². The van der Waals surface area contributed by atoms with Gasteiger partial charge in [0.05, 0.1) is 4.90 Å². The van der Waals surface area contributed by atoms with Gasteiger partial charge in [-0.15, -0.1) is 0 Å². The van der Waals surface area contributed by atoms with Gasteiger partial charge >= 0.3 is 0 Å². The van der Waals surface area contributed by atoms with Gasteiger partial charge < -0.3 is 10.6 Å². The van der Waals surface area contributed by atoms with Crippen LogP contribution in [-0.2, 0) is 23.1 Å². The Morgan fingerprint density at radius 3 is 2.04 bits per heavy atom. The molecule has 3 N–H and O–H groups in total. The van der Waals surface area contributed by atoms with Crippen LogP contribution in [0.5, 0.6) is 0 Å². The topological polar surface area (TPSA) is 92.5 Å². The lowest BCUT2D eigenvalue weighted by molar-refractivity contribution is 0.1000. The molecule has 0 fully saturated rings. The number of primary amides is 1. The second kappa shape index (κ2) is 7.57. The van der Waals surface area contributed by atoms with Crippen LogP contribution >= 0.6 is 0 Å². The summed E-state index contributed by atoms with van der Waals surface area (Å²) in [5, 5.41) is 0. The zero-order chi connectivity index (χ0) is 17.7. The predicted octanol–water partition coefficient (Wildman–Crippen LogP) is 1.33. The molecule has 0 unspecified atom stereocenters. The van der Waals surface area contributed by atoms with Crippen LogP contribution in [0, 0.1) is 0 Å². The van der Waals surface area contributed by atoms with E-state index in [9.17, 15) is 13.2 Å². The number of nitrogens with zero attached hydrogens (tertiary/aromatic N) is 1. The zero-order valence-electron chi connectivity index (χ0n) is 13.7. The Morgan fingerprint density at radius 1 is 1.00 bits per heavy atom. The van der Waals surface area contributed by atoms with Crippen LogP contribution in [0.25, 0.3) is 0 Å². The van der Waals surface area contributed by atoms with Gasteiger partial charge in [0.15, 0.2) is 0 Å². The molecule has 0 heterocycles. The fourth-order valence-electron chi connectivity index (χ4n) is 2.19. The van der Waals surface area contributed by atoms with Gasteiger partial charge in [-0.2, -0.15) is 0 Å². The minimum atomic E-state index is -3.64. The van der Waals surface area contributed by atoms with Gasteiger partial charge in [-0.25, -0.2) is 13.1 Å². The molecule has 1 amide bonds. The number of nitrogens with one attached hydrogen (secondary N) is 1. The molecule has 0 spiro atoms. The molecule has 0 radical (unpaired) electrons. The van der Waals surface area contributed by atoms with Crippen molar-refractivity contribution < 1.29 is 13.2 Å². The van der Waals surface area contributed by atoms with Crippen LogP contribution in [0.1, 0.15) is 21.5 Å². The maximum Gasteiger partial charge on any atom is 0.248 e. The fourth-order valence-corrected chi connectivity index (χ4v) is 3.21. The van der Waals surface area contributed by atoms with Gasteiger partial charge in [0.25, 0.3) is 0 Å². The Kier molecular flexibility index (Phi) is 5.71. The number of carbonyl (C=O) groups excluding carboxylic acids is 1. The van der Waals surface area contributed by atoms with Crippen molar-refractivity contribution in [2.24, 2.45) is 5.73 Å². The number of carbonyl (C=O) groups is 1. The van der Waals surface area contributed by atoms with Crippen LogP contribution < -0.4 is 10.5 Å². The lowest BCUT2D eigenvalue weighted by Gasteiger charge is -2.11. The van der Waals surface area contributed by atoms with E-state index < -0.39 is 15.9 Å². The van der Waals surface area contributed by atoms with E-state index in [0.717, 1.165) is 17.7 Å². The first-order chi connectivity index (χ1) is 11.3. The molecule has 0 aliphatic heterocycles. The van der Waals surface area contributed by atoms with E-state index in [1.54, 1.807) is 0 Å². The van der Waals surface area contributed by atoms with Crippen LogP contribution in [0.2, 0.25) is 0 Å². The van der Waals surface area contributed by atoms with Gasteiger partial charge in [0.2, 0.25) is 15.9 Å². The van der Waals surface area contributed by atoms with Crippen molar-refractivity contribution in [3.8, 4) is 0 Å². The zero-order valence-corrected chi connectivity index (χ0v) is 14.5. The molecule has 6 nitrogen and oxygen atoms in total. The summed E-state index contributed by atoms with van der Waals surface area (Å²) >= 11 is 0. The van der Waals surface area contributed by atoms with E-state index >= 15 is 0 Å². The molecule has 128 valence electrons. The summed E-state index contributed by atoms with van der Waals surface area (Å²) in [6.07, 6.45) is 0. The van der Waals surface area contributed by atoms with Crippen LogP contribution in [0.4, 0.5) is 0 Å². The highest BCUT2D eigenvalue weighted by Crippen LogP contribution is 2.12. The Labute approximate surface area is 142 Å². The van der Waals surface area contributed by atoms with E-state index in [4.69, 9.17) is 5.73 Å². The van der Waals surface area contributed by atoms with E-state index in [1.807, 2.05) is 38.4 Å². The minimum Gasteiger partial charge on any atom is -0.366 e. The van der Waals surface area contributed by atoms with Gasteiger partial charge in [-0.1, -0.05) is 24.3 Å². The third-order valence-electron chi connectivity index (χ3n) is 3.44. The number of nitrogens with two attached hydrogens (primary N) is 1. The Balaban J connectivity index is 2.03. The van der Waals surface area contributed by atoms with Crippen molar-refractivity contribution in [2.75, 3.05) is 14.1 Å². The molecular formula is C17H21N3O3S. The third-order valence-corrected chi connectivity index (χ3v) is 4.85. The molecule has 0 aliphatic rings. The predicted molar refractivity (Wildman–Crippen MR) is 92.8 cm³/mol. The minimum absolute atomic E-state index is 0.0942. The average Bonchev–Trinajstić information content (AvgIpc) is 2.54. The van der Waals surface area contributed by atoms with Crippen molar-refractivity contribution in [1.29, 1.82) is 0 Å². The molecule has 0 saturated carbocycles. The summed E-state index contributed by atoms with van der Waals surface area (Å²) < 4.78 is 27.1. The molecule has 2 aromatic carbocycles. The maximum atomic E-state index is 12.3. The quantitative estimate of drug-likeness (QED) is 0.790. The lowest BCUT2D eigenvalue weighted by atomic mass is 10.1. The molecule has 0 bridgehead atoms. The first kappa shape index (κ1) is 18.1. The summed E-state index contributed by atoms with van der Waals surface area (Å²) in [4.78, 5) is 13.2. The standard InChI is InChI=1S/C17H21N3O3S/c1-20(2)12-14-5-3-13(4-6-14)11-19-24(22,23)16-9-7-15(8-10-16)17(18)21/h3-10,19H,11-12H2,1-2H3,(H2,18,21). The molecule has 2 aromatic rings. The van der Waals surface area contributed by atoms with E-state index in [-0.39, 0.29) is 17.0 Å². The summed E-state index contributed by atoms with van der Waals surface area (Å²) in [6, 6.07) is 13.3. The molecule has 0 atom stereocenters. The highest BCUT2D eigenvalue weighted by Gasteiger charge is 2.14. The molecule has 0 aromatic heterocycles. The van der Waals surface area contributed by atoms with Crippen molar-refractivity contribution >= 4 is 15.9 Å². The molecule has 7 heteroatoms. The van der Waals surface area contributed by atoms with Crippen molar-refractivity contribution in [2.45, 2.75) is 18.0 Å². The average molecular weight is 347 g/mol. The molecule has 24 heavy (non-hydrogen) atoms. The largest absolute Gasteiger partial charge is 0.366 e. The smallest absolute Gasteiger partial charge is 0.248 e. The second-order valence-corrected chi connectivity index (χ2v) is 7.53. The van der Waals surface area contributed by atoms with Gasteiger partial charge in [-0.05, 0) is 49.5 Å². The fraction of sp³-hybridized carbons (Fsp3) is 0.235. The normalized spacial score (nSPS) is 11.6. The Bertz CT molecular complexity index is 798. The lowest BCUT2D eigenvalue weighted by Crippen LogP contribution is -2.23. The number of sulfonamides is 1. The molecule has 2 rings (SSSR count). The number of hydrogen-bond acceptors (Lipinski definition) is 4. The van der Waals surface area contributed by atoms with Crippen molar-refractivity contribution in [1.82, 2.24) is 9.62 Å². The highest BCUT2D eigenvalue weighted by atomic mass is 32.2. The van der Waals surface area contributed by atoms with E-state index in [1.165, 1.54) is 24.3 Å². The van der Waals surface area contributed by atoms with Crippen LogP contribution in [-0.4, -0.2) is 33.3 Å². The molecular weight excluding hydrogens is 326 g/mol. The summed E-state index contributed by atoms with van der Waals surface area (Å²) in [6.45, 7) is 1.03. The first-order valence-electron chi connectivity index (χ1n) is 7.40. The second-order valence-electron chi connectivity index (χ2n) is 5.77. The van der Waals surface area contributed by atoms with Crippen LogP contribution in [0.3, 0.4) is 0 Å². The number of rotatable bonds is 7. The van der Waals surface area contributed by atoms with Crippen molar-refractivity contribution in [3.05, 3.63) is 65.2 Å². The first-order valence-corrected chi connectivity index (χ1v) is 8.88. The molecule has 0 aliphatic carbocycles. The third kappa shape index (κ3) is 4.89. The van der Waals surface area contributed by atoms with Crippen molar-refractivity contribution in [3.63, 3.8) is 0 Å². The SMILES string of the molecule is CN(C)Cc1ccc(CNS(=O)(=O)c2ccc(C(N)=O)cc2)cc1. The summed E-state index contributed by atoms with van der Waals surface area (Å²) in [5.74, 6) is -0.593.